The van der Waals surface area contributed by atoms with E-state index in [9.17, 15) is 0 Å². The van der Waals surface area contributed by atoms with E-state index >= 15 is 0 Å². The summed E-state index contributed by atoms with van der Waals surface area (Å²) >= 11 is 0. The van der Waals surface area contributed by atoms with Crippen LogP contribution in [-0.2, 0) is 0 Å². The molecule has 0 saturated heterocycles. The minimum absolute atomic E-state index is 0.256. The number of rotatable bonds is 3. The summed E-state index contributed by atoms with van der Waals surface area (Å²) in [5.41, 5.74) is 2.40. The van der Waals surface area contributed by atoms with E-state index in [1.807, 2.05) is 31.3 Å². The molecule has 19 heavy (non-hydrogen) atoms. The van der Waals surface area contributed by atoms with E-state index in [-0.39, 0.29) is 5.92 Å². The second kappa shape index (κ2) is 5.49. The highest BCUT2D eigenvalue weighted by Gasteiger charge is 2.09. The van der Waals surface area contributed by atoms with Gasteiger partial charge in [-0.2, -0.15) is 5.26 Å². The normalized spacial score (nSPS) is 10.3. The van der Waals surface area contributed by atoms with Crippen LogP contribution in [0.15, 0.2) is 30.3 Å². The lowest BCUT2D eigenvalue weighted by atomic mass is 10.1. The number of nitrogens with zero attached hydrogens (tertiary/aromatic N) is 3. The standard InChI is InChI=1S/C15H16N4/c1-10(2)15-18-13(8-14(17-3)19-15)12-6-4-5-11(7-12)9-16/h4-8,10H,1-3H3,(H,17,18,19). The van der Waals surface area contributed by atoms with Gasteiger partial charge >= 0.3 is 0 Å². The molecule has 0 atom stereocenters. The van der Waals surface area contributed by atoms with Gasteiger partial charge in [0.2, 0.25) is 0 Å². The highest BCUT2D eigenvalue weighted by atomic mass is 15.0. The van der Waals surface area contributed by atoms with Gasteiger partial charge in [-0.05, 0) is 12.1 Å². The van der Waals surface area contributed by atoms with Crippen molar-refractivity contribution >= 4 is 5.82 Å². The van der Waals surface area contributed by atoms with Crippen LogP contribution in [0.2, 0.25) is 0 Å². The first kappa shape index (κ1) is 13.0. The number of nitrogens with one attached hydrogen (secondary N) is 1. The molecule has 0 radical (unpaired) electrons. The van der Waals surface area contributed by atoms with Gasteiger partial charge in [0.05, 0.1) is 17.3 Å². The second-order valence-electron chi connectivity index (χ2n) is 4.59. The van der Waals surface area contributed by atoms with Crippen LogP contribution in [0, 0.1) is 11.3 Å². The Kier molecular flexibility index (Phi) is 3.76. The first-order valence-electron chi connectivity index (χ1n) is 6.21. The lowest BCUT2D eigenvalue weighted by Crippen LogP contribution is -2.03. The van der Waals surface area contributed by atoms with Crippen LogP contribution in [-0.4, -0.2) is 17.0 Å². The highest BCUT2D eigenvalue weighted by molar-refractivity contribution is 5.64. The summed E-state index contributed by atoms with van der Waals surface area (Å²) in [5, 5.41) is 12.0. The molecule has 0 aliphatic heterocycles. The molecule has 0 saturated carbocycles. The minimum atomic E-state index is 0.256. The maximum absolute atomic E-state index is 8.96. The highest BCUT2D eigenvalue weighted by Crippen LogP contribution is 2.23. The van der Waals surface area contributed by atoms with E-state index in [1.54, 1.807) is 6.07 Å². The smallest absolute Gasteiger partial charge is 0.133 e. The van der Waals surface area contributed by atoms with Crippen molar-refractivity contribution in [3.63, 3.8) is 0 Å². The van der Waals surface area contributed by atoms with E-state index in [0.717, 1.165) is 22.9 Å². The van der Waals surface area contributed by atoms with Crippen LogP contribution in [0.5, 0.6) is 0 Å². The molecule has 1 N–H and O–H groups in total. The maximum atomic E-state index is 8.96. The Morgan fingerprint density at radius 1 is 1.21 bits per heavy atom. The summed E-state index contributed by atoms with van der Waals surface area (Å²) in [4.78, 5) is 9.00. The Morgan fingerprint density at radius 2 is 2.00 bits per heavy atom. The van der Waals surface area contributed by atoms with Crippen molar-refractivity contribution in [3.05, 3.63) is 41.7 Å². The number of nitriles is 1. The fourth-order valence-corrected chi connectivity index (χ4v) is 1.75. The summed E-state index contributed by atoms with van der Waals surface area (Å²) in [6.45, 7) is 4.12. The molecular weight excluding hydrogens is 236 g/mol. The van der Waals surface area contributed by atoms with Crippen molar-refractivity contribution in [3.8, 4) is 17.3 Å². The van der Waals surface area contributed by atoms with Gasteiger partial charge in [-0.1, -0.05) is 26.0 Å². The third kappa shape index (κ3) is 2.89. The third-order valence-corrected chi connectivity index (χ3v) is 2.80. The van der Waals surface area contributed by atoms with Crippen LogP contribution in [0.3, 0.4) is 0 Å². The quantitative estimate of drug-likeness (QED) is 0.911. The number of aromatic nitrogens is 2. The van der Waals surface area contributed by atoms with E-state index in [2.05, 4.69) is 35.2 Å². The number of anilines is 1. The first-order chi connectivity index (χ1) is 9.13. The van der Waals surface area contributed by atoms with Gasteiger partial charge < -0.3 is 5.32 Å². The Hall–Kier alpha value is -2.41. The molecule has 4 nitrogen and oxygen atoms in total. The fraction of sp³-hybridized carbons (Fsp3) is 0.267. The molecule has 1 heterocycles. The topological polar surface area (TPSA) is 61.6 Å². The molecule has 0 spiro atoms. The number of hydrogen-bond acceptors (Lipinski definition) is 4. The molecule has 2 rings (SSSR count). The molecule has 0 bridgehead atoms. The molecule has 0 unspecified atom stereocenters. The zero-order chi connectivity index (χ0) is 13.8. The summed E-state index contributed by atoms with van der Waals surface area (Å²) in [6.07, 6.45) is 0. The average Bonchev–Trinajstić information content (AvgIpc) is 2.46. The Bertz CT molecular complexity index is 626. The first-order valence-corrected chi connectivity index (χ1v) is 6.21. The molecule has 96 valence electrons. The minimum Gasteiger partial charge on any atom is -0.373 e. The van der Waals surface area contributed by atoms with Crippen LogP contribution in [0.25, 0.3) is 11.3 Å². The lowest BCUT2D eigenvalue weighted by molar-refractivity contribution is 0.777. The summed E-state index contributed by atoms with van der Waals surface area (Å²) < 4.78 is 0. The molecule has 4 heteroatoms. The van der Waals surface area contributed by atoms with Gasteiger partial charge in [0.15, 0.2) is 0 Å². The summed E-state index contributed by atoms with van der Waals surface area (Å²) in [6, 6.07) is 11.5. The van der Waals surface area contributed by atoms with Crippen LogP contribution in [0.4, 0.5) is 5.82 Å². The molecule has 0 fully saturated rings. The van der Waals surface area contributed by atoms with Gasteiger partial charge in [0.1, 0.15) is 11.6 Å². The van der Waals surface area contributed by atoms with E-state index in [4.69, 9.17) is 5.26 Å². The van der Waals surface area contributed by atoms with Gasteiger partial charge in [0.25, 0.3) is 0 Å². The molecule has 0 amide bonds. The fourth-order valence-electron chi connectivity index (χ4n) is 1.75. The molecule has 0 aliphatic carbocycles. The number of hydrogen-bond donors (Lipinski definition) is 1. The Balaban J connectivity index is 2.54. The van der Waals surface area contributed by atoms with Crippen LogP contribution >= 0.6 is 0 Å². The summed E-state index contributed by atoms with van der Waals surface area (Å²) in [5.74, 6) is 1.84. The Labute approximate surface area is 113 Å². The molecule has 1 aromatic carbocycles. The van der Waals surface area contributed by atoms with Crippen molar-refractivity contribution in [1.82, 2.24) is 9.97 Å². The zero-order valence-electron chi connectivity index (χ0n) is 11.3. The van der Waals surface area contributed by atoms with Crippen molar-refractivity contribution < 1.29 is 0 Å². The van der Waals surface area contributed by atoms with Gasteiger partial charge in [-0.25, -0.2) is 9.97 Å². The van der Waals surface area contributed by atoms with Crippen molar-refractivity contribution in [2.45, 2.75) is 19.8 Å². The van der Waals surface area contributed by atoms with Crippen molar-refractivity contribution in [2.75, 3.05) is 12.4 Å². The molecule has 0 aliphatic rings. The van der Waals surface area contributed by atoms with Crippen molar-refractivity contribution in [1.29, 1.82) is 5.26 Å². The molecule has 2 aromatic rings. The molecular formula is C15H16N4. The summed E-state index contributed by atoms with van der Waals surface area (Å²) in [7, 11) is 1.84. The Morgan fingerprint density at radius 3 is 2.63 bits per heavy atom. The van der Waals surface area contributed by atoms with E-state index in [1.165, 1.54) is 0 Å². The third-order valence-electron chi connectivity index (χ3n) is 2.80. The van der Waals surface area contributed by atoms with Gasteiger partial charge in [-0.3, -0.25) is 0 Å². The van der Waals surface area contributed by atoms with E-state index in [0.29, 0.717) is 5.56 Å². The monoisotopic (exact) mass is 252 g/mol. The molecule has 1 aromatic heterocycles. The van der Waals surface area contributed by atoms with Gasteiger partial charge in [-0.15, -0.1) is 0 Å². The predicted octanol–water partition coefficient (Wildman–Crippen LogP) is 3.18. The predicted molar refractivity (Wildman–Crippen MR) is 75.8 cm³/mol. The van der Waals surface area contributed by atoms with Crippen LogP contribution in [0.1, 0.15) is 31.2 Å². The van der Waals surface area contributed by atoms with Crippen molar-refractivity contribution in [2.24, 2.45) is 0 Å². The SMILES string of the molecule is CNc1cc(-c2cccc(C#N)c2)nc(C(C)C)n1. The van der Waals surface area contributed by atoms with Crippen LogP contribution < -0.4 is 5.32 Å². The van der Waals surface area contributed by atoms with E-state index < -0.39 is 0 Å². The average molecular weight is 252 g/mol. The second-order valence-corrected chi connectivity index (χ2v) is 4.59. The lowest BCUT2D eigenvalue weighted by Gasteiger charge is -2.10. The number of benzene rings is 1. The largest absolute Gasteiger partial charge is 0.373 e. The van der Waals surface area contributed by atoms with Gasteiger partial charge in [0, 0.05) is 24.6 Å². The maximum Gasteiger partial charge on any atom is 0.133 e. The zero-order valence-corrected chi connectivity index (χ0v) is 11.3.